The van der Waals surface area contributed by atoms with E-state index >= 15 is 0 Å². The first kappa shape index (κ1) is 22.9. The smallest absolute Gasteiger partial charge is 0.153 e. The number of hydrogen-bond donors (Lipinski definition) is 0. The average molecular weight is 445 g/mol. The minimum absolute atomic E-state index is 0.371. The summed E-state index contributed by atoms with van der Waals surface area (Å²) in [4.78, 5) is 0. The van der Waals surface area contributed by atoms with Gasteiger partial charge in [0.25, 0.3) is 0 Å². The van der Waals surface area contributed by atoms with Crippen molar-refractivity contribution in [2.45, 2.75) is 32.7 Å². The Morgan fingerprint density at radius 1 is 0.903 bits per heavy atom. The quantitative estimate of drug-likeness (QED) is 0.376. The van der Waals surface area contributed by atoms with Gasteiger partial charge in [0.05, 0.1) is 32.0 Å². The van der Waals surface area contributed by atoms with Gasteiger partial charge in [0.15, 0.2) is 6.10 Å². The lowest BCUT2D eigenvalue weighted by Gasteiger charge is -2.27. The zero-order valence-electron chi connectivity index (χ0n) is 18.0. The van der Waals surface area contributed by atoms with Gasteiger partial charge in [-0.25, -0.2) is 4.39 Å². The molecule has 0 N–H and O–H groups in total. The Kier molecular flexibility index (Phi) is 7.77. The van der Waals surface area contributed by atoms with Crippen molar-refractivity contribution in [2.24, 2.45) is 0 Å². The summed E-state index contributed by atoms with van der Waals surface area (Å²) in [5, 5.41) is 0.494. The van der Waals surface area contributed by atoms with E-state index < -0.39 is 6.10 Å². The van der Waals surface area contributed by atoms with Crippen LogP contribution in [0.3, 0.4) is 0 Å². The Labute approximate surface area is 187 Å². The highest BCUT2D eigenvalue weighted by molar-refractivity contribution is 6.32. The van der Waals surface area contributed by atoms with Crippen LogP contribution in [-0.2, 0) is 11.3 Å². The third-order valence-electron chi connectivity index (χ3n) is 4.94. The van der Waals surface area contributed by atoms with Crippen LogP contribution in [0.5, 0.6) is 17.2 Å². The van der Waals surface area contributed by atoms with Crippen LogP contribution in [0.4, 0.5) is 4.39 Å². The molecule has 0 amide bonds. The highest BCUT2D eigenvalue weighted by Gasteiger charge is 2.27. The molecule has 4 nitrogen and oxygen atoms in total. The third-order valence-corrected chi connectivity index (χ3v) is 5.24. The highest BCUT2D eigenvalue weighted by Crippen LogP contribution is 2.36. The molecule has 0 heterocycles. The largest absolute Gasteiger partial charge is 0.497 e. The summed E-state index contributed by atoms with van der Waals surface area (Å²) in [5.41, 5.74) is 2.69. The van der Waals surface area contributed by atoms with Gasteiger partial charge in [-0.2, -0.15) is 0 Å². The Bertz CT molecular complexity index is 1010. The van der Waals surface area contributed by atoms with Crippen molar-refractivity contribution in [3.63, 3.8) is 0 Å². The van der Waals surface area contributed by atoms with Crippen LogP contribution in [-0.4, -0.2) is 20.3 Å². The molecule has 6 heteroatoms. The van der Waals surface area contributed by atoms with E-state index in [9.17, 15) is 4.39 Å². The predicted octanol–water partition coefficient (Wildman–Crippen LogP) is 6.53. The van der Waals surface area contributed by atoms with Crippen molar-refractivity contribution >= 4 is 11.6 Å². The maximum Gasteiger partial charge on any atom is 0.153 e. The summed E-state index contributed by atoms with van der Waals surface area (Å²) < 4.78 is 36.8. The second-order valence-corrected chi connectivity index (χ2v) is 7.63. The number of ether oxygens (including phenoxy) is 4. The lowest BCUT2D eigenvalue weighted by Crippen LogP contribution is -2.25. The van der Waals surface area contributed by atoms with E-state index in [1.54, 1.807) is 13.2 Å². The Balaban J connectivity index is 1.86. The van der Waals surface area contributed by atoms with E-state index in [1.165, 1.54) is 19.2 Å². The van der Waals surface area contributed by atoms with Crippen molar-refractivity contribution in [1.29, 1.82) is 0 Å². The van der Waals surface area contributed by atoms with E-state index in [0.717, 1.165) is 16.9 Å². The summed E-state index contributed by atoms with van der Waals surface area (Å²) in [7, 11) is 3.12. The number of halogens is 2. The molecule has 0 saturated heterocycles. The van der Waals surface area contributed by atoms with E-state index in [0.29, 0.717) is 28.7 Å². The fraction of sp³-hybridized carbons (Fsp3) is 0.280. The molecule has 0 aromatic heterocycles. The monoisotopic (exact) mass is 444 g/mol. The average Bonchev–Trinajstić information content (AvgIpc) is 2.77. The normalized spacial score (nSPS) is 12.8. The minimum atomic E-state index is -0.575. The van der Waals surface area contributed by atoms with Crippen molar-refractivity contribution in [2.75, 3.05) is 14.2 Å². The van der Waals surface area contributed by atoms with Gasteiger partial charge < -0.3 is 18.9 Å². The zero-order valence-corrected chi connectivity index (χ0v) is 18.8. The molecule has 0 spiro atoms. The second-order valence-electron chi connectivity index (χ2n) is 7.22. The summed E-state index contributed by atoms with van der Waals surface area (Å²) in [6, 6.07) is 17.6. The number of methoxy groups -OCH3 is 2. The van der Waals surface area contributed by atoms with Crippen LogP contribution in [0.15, 0.2) is 60.7 Å². The van der Waals surface area contributed by atoms with Gasteiger partial charge in [0, 0.05) is 11.6 Å². The molecule has 0 radical (unpaired) electrons. The van der Waals surface area contributed by atoms with Gasteiger partial charge in [0.1, 0.15) is 23.1 Å². The number of benzene rings is 3. The van der Waals surface area contributed by atoms with Gasteiger partial charge in [-0.3, -0.25) is 0 Å². The van der Waals surface area contributed by atoms with Gasteiger partial charge in [0.2, 0.25) is 0 Å². The molecule has 0 unspecified atom stereocenters. The van der Waals surface area contributed by atoms with Crippen LogP contribution < -0.4 is 14.2 Å². The fourth-order valence-corrected chi connectivity index (χ4v) is 3.49. The number of aryl methyl sites for hydroxylation is 1. The number of rotatable bonds is 9. The lowest BCUT2D eigenvalue weighted by atomic mass is 10.0. The molecule has 31 heavy (non-hydrogen) atoms. The van der Waals surface area contributed by atoms with Gasteiger partial charge in [-0.15, -0.1) is 0 Å². The molecule has 0 aliphatic carbocycles. The first-order chi connectivity index (χ1) is 14.9. The Morgan fingerprint density at radius 2 is 1.65 bits per heavy atom. The lowest BCUT2D eigenvalue weighted by molar-refractivity contribution is -0.0259. The van der Waals surface area contributed by atoms with E-state index in [1.807, 2.05) is 56.3 Å². The first-order valence-electron chi connectivity index (χ1n) is 9.92. The van der Waals surface area contributed by atoms with Crippen LogP contribution >= 0.6 is 11.6 Å². The van der Waals surface area contributed by atoms with E-state index in [2.05, 4.69) is 0 Å². The zero-order chi connectivity index (χ0) is 22.4. The van der Waals surface area contributed by atoms with Crippen molar-refractivity contribution in [3.8, 4) is 17.2 Å². The molecule has 3 aromatic carbocycles. The molecule has 0 aliphatic heterocycles. The molecule has 0 aliphatic rings. The van der Waals surface area contributed by atoms with Gasteiger partial charge >= 0.3 is 0 Å². The van der Waals surface area contributed by atoms with Crippen LogP contribution in [0.1, 0.15) is 29.7 Å². The molecule has 3 rings (SSSR count). The van der Waals surface area contributed by atoms with Crippen LogP contribution in [0.2, 0.25) is 5.02 Å². The Morgan fingerprint density at radius 3 is 2.29 bits per heavy atom. The summed E-state index contributed by atoms with van der Waals surface area (Å²) in [6.07, 6.45) is -0.965. The van der Waals surface area contributed by atoms with Crippen LogP contribution in [0, 0.1) is 12.7 Å². The fourth-order valence-electron chi connectivity index (χ4n) is 3.21. The molecule has 0 fully saturated rings. The summed E-state index contributed by atoms with van der Waals surface area (Å²) >= 11 is 6.40. The first-order valence-corrected chi connectivity index (χ1v) is 10.3. The minimum Gasteiger partial charge on any atom is -0.497 e. The Hall–Kier alpha value is -2.76. The molecule has 0 bridgehead atoms. The maximum absolute atomic E-state index is 13.8. The topological polar surface area (TPSA) is 36.9 Å². The van der Waals surface area contributed by atoms with Gasteiger partial charge in [-0.05, 0) is 61.4 Å². The highest BCUT2D eigenvalue weighted by atomic mass is 35.5. The molecular formula is C25H26ClFO4. The van der Waals surface area contributed by atoms with Gasteiger partial charge in [-0.1, -0.05) is 29.8 Å². The second kappa shape index (κ2) is 10.5. The number of hydrogen-bond acceptors (Lipinski definition) is 4. The standard InChI is InChI=1S/C25H26ClFO4/c1-16-5-12-23(22(26)13-16)31-25(21-11-8-19(27)14-24(21)29-4)17(2)30-15-18-6-9-20(28-3)10-7-18/h5-14,17,25H,15H2,1-4H3/t17-,25-/m0/s1. The summed E-state index contributed by atoms with van der Waals surface area (Å²) in [6.45, 7) is 4.23. The molecular weight excluding hydrogens is 419 g/mol. The van der Waals surface area contributed by atoms with E-state index in [4.69, 9.17) is 30.5 Å². The maximum atomic E-state index is 13.8. The SMILES string of the molecule is COc1ccc(CO[C@@H](C)[C@H](Oc2ccc(C)cc2Cl)c2ccc(F)cc2OC)cc1. The molecule has 2 atom stereocenters. The van der Waals surface area contributed by atoms with E-state index in [-0.39, 0.29) is 11.9 Å². The summed E-state index contributed by atoms with van der Waals surface area (Å²) in [5.74, 6) is 1.29. The van der Waals surface area contributed by atoms with Crippen molar-refractivity contribution < 1.29 is 23.3 Å². The van der Waals surface area contributed by atoms with Crippen LogP contribution in [0.25, 0.3) is 0 Å². The molecule has 0 saturated carbocycles. The predicted molar refractivity (Wildman–Crippen MR) is 120 cm³/mol. The van der Waals surface area contributed by atoms with Crippen molar-refractivity contribution in [1.82, 2.24) is 0 Å². The molecule has 164 valence electrons. The third kappa shape index (κ3) is 5.90. The van der Waals surface area contributed by atoms with Crippen molar-refractivity contribution in [3.05, 3.63) is 88.2 Å². The molecule has 3 aromatic rings.